The van der Waals surface area contributed by atoms with E-state index in [1.54, 1.807) is 0 Å². The fraction of sp³-hybridized carbons (Fsp3) is 0.444. The maximum absolute atomic E-state index is 11.9. The van der Waals surface area contributed by atoms with E-state index in [1.807, 2.05) is 51.5 Å². The lowest BCUT2D eigenvalue weighted by Crippen LogP contribution is -2.39. The van der Waals surface area contributed by atoms with Crippen molar-refractivity contribution in [3.05, 3.63) is 48.0 Å². The molecule has 0 aliphatic heterocycles. The molecule has 0 aromatic heterocycles. The Labute approximate surface area is 145 Å². The van der Waals surface area contributed by atoms with E-state index in [0.29, 0.717) is 23.0 Å². The van der Waals surface area contributed by atoms with Crippen molar-refractivity contribution in [1.29, 1.82) is 0 Å². The van der Waals surface area contributed by atoms with Gasteiger partial charge in [-0.2, -0.15) is 0 Å². The molecule has 132 valence electrons. The van der Waals surface area contributed by atoms with Gasteiger partial charge in [0, 0.05) is 5.57 Å². The molecule has 0 aliphatic carbocycles. The summed E-state index contributed by atoms with van der Waals surface area (Å²) in [5.74, 6) is -0.472. The van der Waals surface area contributed by atoms with Crippen LogP contribution in [0.4, 0.5) is 0 Å². The highest BCUT2D eigenvalue weighted by Gasteiger charge is 2.18. The van der Waals surface area contributed by atoms with E-state index in [1.165, 1.54) is 0 Å². The first-order valence-corrected chi connectivity index (χ1v) is 9.32. The summed E-state index contributed by atoms with van der Waals surface area (Å²) >= 11 is 0. The Hall–Kier alpha value is -1.52. The quantitative estimate of drug-likeness (QED) is 0.318. The number of rotatable bonds is 9. The van der Waals surface area contributed by atoms with Crippen molar-refractivity contribution in [2.75, 3.05) is 40.5 Å². The molecule has 1 aromatic rings. The van der Waals surface area contributed by atoms with E-state index >= 15 is 0 Å². The Morgan fingerprint density at radius 1 is 1.29 bits per heavy atom. The van der Waals surface area contributed by atoms with Crippen molar-refractivity contribution >= 4 is 19.2 Å². The minimum absolute atomic E-state index is 0.0135. The zero-order chi connectivity index (χ0) is 18.2. The Balaban J connectivity index is 2.35. The molecule has 0 saturated heterocycles. The predicted molar refractivity (Wildman–Crippen MR) is 96.5 cm³/mol. The molecular weight excluding hydrogens is 325 g/mol. The summed E-state index contributed by atoms with van der Waals surface area (Å²) in [6, 6.07) is 9.84. The molecule has 0 aliphatic rings. The number of likely N-dealkylation sites (N-methyl/N-ethyl adjacent to an activating group) is 1. The molecule has 6 heteroatoms. The molecule has 0 radical (unpaired) electrons. The number of hydrogen-bond acceptors (Lipinski definition) is 3. The lowest BCUT2D eigenvalue weighted by atomic mass is 10.1. The van der Waals surface area contributed by atoms with Gasteiger partial charge in [0.1, 0.15) is 12.8 Å². The van der Waals surface area contributed by atoms with E-state index in [9.17, 15) is 14.8 Å². The van der Waals surface area contributed by atoms with Crippen molar-refractivity contribution < 1.29 is 24.0 Å². The molecule has 0 heterocycles. The van der Waals surface area contributed by atoms with Crippen LogP contribution in [-0.2, 0) is 16.0 Å². The summed E-state index contributed by atoms with van der Waals surface area (Å²) in [5.41, 5.74) is 1.49. The van der Waals surface area contributed by atoms with Crippen LogP contribution in [0.3, 0.4) is 0 Å². The standard InChI is InChI=1S/C18H26NO4P/c1-15(10-11-16-8-6-5-7-9-16)18(21)23-12-13-24(22)17(20)14-19(2,3)4/h5-9H,1,10-14H2,2-4H3/p+1. The third-order valence-corrected chi connectivity index (χ3v) is 4.58. The largest absolute Gasteiger partial charge is 0.628 e. The number of hydrogen-bond donors (Lipinski definition) is 1. The van der Waals surface area contributed by atoms with Crippen LogP contribution in [0, 0.1) is 0 Å². The van der Waals surface area contributed by atoms with Gasteiger partial charge in [-0.3, -0.25) is 0 Å². The van der Waals surface area contributed by atoms with E-state index in [2.05, 4.69) is 6.58 Å². The number of carbonyl (C=O) groups is 1. The summed E-state index contributed by atoms with van der Waals surface area (Å²) in [6.45, 7) is 4.07. The minimum Gasteiger partial charge on any atom is -0.628 e. The van der Waals surface area contributed by atoms with Gasteiger partial charge in [-0.05, 0) is 18.4 Å². The number of ether oxygens (including phenoxy) is 1. The van der Waals surface area contributed by atoms with Gasteiger partial charge in [-0.1, -0.05) is 36.9 Å². The lowest BCUT2D eigenvalue weighted by Gasteiger charge is -2.22. The third kappa shape index (κ3) is 8.37. The molecule has 1 aromatic carbocycles. The average Bonchev–Trinajstić information content (AvgIpc) is 2.51. The molecule has 0 bridgehead atoms. The fourth-order valence-electron chi connectivity index (χ4n) is 2.00. The summed E-state index contributed by atoms with van der Waals surface area (Å²) in [4.78, 5) is 23.8. The van der Waals surface area contributed by atoms with E-state index in [-0.39, 0.29) is 18.2 Å². The van der Waals surface area contributed by atoms with Crippen LogP contribution in [0.15, 0.2) is 42.5 Å². The normalized spacial score (nSPS) is 12.5. The molecule has 24 heavy (non-hydrogen) atoms. The van der Waals surface area contributed by atoms with Gasteiger partial charge in [-0.15, -0.1) is 0 Å². The van der Waals surface area contributed by atoms with Crippen LogP contribution in [0.25, 0.3) is 0 Å². The number of benzene rings is 1. The smallest absolute Gasteiger partial charge is 0.333 e. The Bertz CT molecular complexity index is 591. The summed E-state index contributed by atoms with van der Waals surface area (Å²) in [5, 5.41) is 9.80. The SMILES string of the molecule is C=C(CCc1ccccc1)C(=O)OCC[P+]([O-])=C(O)C[N+](C)(C)C. The second-order valence-corrected chi connectivity index (χ2v) is 8.41. The van der Waals surface area contributed by atoms with Crippen LogP contribution < -0.4 is 4.89 Å². The van der Waals surface area contributed by atoms with E-state index in [4.69, 9.17) is 4.74 Å². The lowest BCUT2D eigenvalue weighted by molar-refractivity contribution is -0.861. The highest BCUT2D eigenvalue weighted by molar-refractivity contribution is 7.51. The molecular formula is C18H27NO4P+. The van der Waals surface area contributed by atoms with Gasteiger partial charge in [-0.25, -0.2) is 4.79 Å². The Morgan fingerprint density at radius 3 is 2.50 bits per heavy atom. The highest BCUT2D eigenvalue weighted by atomic mass is 31.1. The molecule has 0 fully saturated rings. The summed E-state index contributed by atoms with van der Waals surface area (Å²) < 4.78 is 5.58. The number of aryl methyl sites for hydroxylation is 1. The van der Waals surface area contributed by atoms with Crippen LogP contribution >= 0.6 is 7.77 Å². The van der Waals surface area contributed by atoms with Gasteiger partial charge in [0.2, 0.25) is 0 Å². The van der Waals surface area contributed by atoms with Crippen molar-refractivity contribution in [3.63, 3.8) is 0 Å². The molecule has 0 spiro atoms. The van der Waals surface area contributed by atoms with Crippen molar-refractivity contribution in [1.82, 2.24) is 0 Å². The first-order chi connectivity index (χ1) is 11.2. The van der Waals surface area contributed by atoms with Crippen LogP contribution in [0.2, 0.25) is 0 Å². The van der Waals surface area contributed by atoms with E-state index in [0.717, 1.165) is 12.0 Å². The zero-order valence-corrected chi connectivity index (χ0v) is 15.6. The van der Waals surface area contributed by atoms with Crippen LogP contribution in [0.1, 0.15) is 12.0 Å². The number of quaternary nitrogens is 1. The average molecular weight is 352 g/mol. The molecule has 1 rings (SSSR count). The van der Waals surface area contributed by atoms with Gasteiger partial charge >= 0.3 is 5.97 Å². The fourth-order valence-corrected chi connectivity index (χ4v) is 3.09. The molecule has 0 amide bonds. The molecule has 1 unspecified atom stereocenters. The monoisotopic (exact) mass is 352 g/mol. The Morgan fingerprint density at radius 2 is 1.92 bits per heavy atom. The second kappa shape index (κ2) is 9.70. The zero-order valence-electron chi connectivity index (χ0n) is 14.7. The number of aliphatic hydroxyl groups excluding tert-OH is 1. The van der Waals surface area contributed by atoms with Crippen molar-refractivity contribution in [2.24, 2.45) is 0 Å². The first-order valence-electron chi connectivity index (χ1n) is 7.88. The van der Waals surface area contributed by atoms with Gasteiger partial charge in [0.25, 0.3) is 5.48 Å². The molecule has 0 saturated carbocycles. The highest BCUT2D eigenvalue weighted by Crippen LogP contribution is 2.14. The van der Waals surface area contributed by atoms with Gasteiger partial charge in [0.15, 0.2) is 6.54 Å². The number of nitrogens with zero attached hydrogens (tertiary/aromatic N) is 1. The van der Waals surface area contributed by atoms with Crippen molar-refractivity contribution in [3.8, 4) is 0 Å². The molecule has 5 nitrogen and oxygen atoms in total. The maximum Gasteiger partial charge on any atom is 0.333 e. The second-order valence-electron chi connectivity index (χ2n) is 6.69. The number of carbonyl (C=O) groups excluding carboxylic acids is 1. The maximum atomic E-state index is 11.9. The minimum atomic E-state index is -1.90. The molecule has 1 N–H and O–H groups in total. The molecule has 1 atom stereocenters. The predicted octanol–water partition coefficient (Wildman–Crippen LogP) is 1.68. The first kappa shape index (κ1) is 20.5. The van der Waals surface area contributed by atoms with Crippen LogP contribution in [0.5, 0.6) is 0 Å². The third-order valence-electron chi connectivity index (χ3n) is 3.28. The summed E-state index contributed by atoms with van der Waals surface area (Å²) in [6.07, 6.45) is 1.37. The van der Waals surface area contributed by atoms with Gasteiger partial charge in [0.05, 0.1) is 28.9 Å². The van der Waals surface area contributed by atoms with Crippen molar-refractivity contribution in [2.45, 2.75) is 12.8 Å². The number of aliphatic hydroxyl groups is 1. The van der Waals surface area contributed by atoms with E-state index < -0.39 is 13.7 Å². The van der Waals surface area contributed by atoms with Gasteiger partial charge < -0.3 is 19.2 Å². The van der Waals surface area contributed by atoms with Crippen LogP contribution in [-0.4, -0.2) is 61.5 Å². The summed E-state index contributed by atoms with van der Waals surface area (Å²) in [7, 11) is 3.80. The topological polar surface area (TPSA) is 69.6 Å². The number of esters is 1. The Kier molecular flexibility index (Phi) is 8.29.